The van der Waals surface area contributed by atoms with Crippen LogP contribution in [0.25, 0.3) is 0 Å². The summed E-state index contributed by atoms with van der Waals surface area (Å²) in [5.74, 6) is -0.253. The van der Waals surface area contributed by atoms with E-state index in [4.69, 9.17) is 0 Å². The molecular weight excluding hydrogens is 336 g/mol. The summed E-state index contributed by atoms with van der Waals surface area (Å²) >= 11 is 0. The fourth-order valence-electron chi connectivity index (χ4n) is 2.93. The van der Waals surface area contributed by atoms with Gasteiger partial charge in [0.05, 0.1) is 4.90 Å². The van der Waals surface area contributed by atoms with Crippen molar-refractivity contribution in [3.8, 4) is 0 Å². The average molecular weight is 358 g/mol. The topological polar surface area (TPSA) is 66.5 Å². The molecule has 1 N–H and O–H groups in total. The smallest absolute Gasteiger partial charge is 0.255 e. The number of hydrogen-bond acceptors (Lipinski definition) is 3. The van der Waals surface area contributed by atoms with E-state index in [2.05, 4.69) is 5.32 Å². The van der Waals surface area contributed by atoms with Gasteiger partial charge >= 0.3 is 0 Å². The third kappa shape index (κ3) is 3.91. The number of benzene rings is 2. The number of piperidine rings is 1. The van der Waals surface area contributed by atoms with Crippen molar-refractivity contribution in [2.45, 2.75) is 31.1 Å². The van der Waals surface area contributed by atoms with Crippen molar-refractivity contribution in [3.63, 3.8) is 0 Å². The standard InChI is InChI=1S/C19H22N2O3S/c1-15-10-11-17(25(23,24)21-12-6-3-7-13-21)14-18(15)20-19(22)16-8-4-2-5-9-16/h2,4-5,8-11,14H,3,6-7,12-13H2,1H3,(H,20,22). The van der Waals surface area contributed by atoms with E-state index >= 15 is 0 Å². The molecule has 0 aromatic heterocycles. The Labute approximate surface area is 148 Å². The monoisotopic (exact) mass is 358 g/mol. The van der Waals surface area contributed by atoms with Crippen LogP contribution in [0.1, 0.15) is 35.2 Å². The zero-order valence-electron chi connectivity index (χ0n) is 14.2. The molecule has 1 aliphatic heterocycles. The molecule has 1 fully saturated rings. The van der Waals surface area contributed by atoms with Gasteiger partial charge in [0.25, 0.3) is 5.91 Å². The van der Waals surface area contributed by atoms with Crippen LogP contribution >= 0.6 is 0 Å². The summed E-state index contributed by atoms with van der Waals surface area (Å²) in [4.78, 5) is 12.6. The molecule has 0 radical (unpaired) electrons. The minimum Gasteiger partial charge on any atom is -0.322 e. The molecule has 0 unspecified atom stereocenters. The van der Waals surface area contributed by atoms with E-state index in [1.807, 2.05) is 13.0 Å². The van der Waals surface area contributed by atoms with E-state index in [9.17, 15) is 13.2 Å². The van der Waals surface area contributed by atoms with Gasteiger partial charge in [-0.3, -0.25) is 4.79 Å². The Morgan fingerprint density at radius 3 is 2.36 bits per heavy atom. The van der Waals surface area contributed by atoms with Crippen molar-refractivity contribution in [1.29, 1.82) is 0 Å². The molecule has 2 aromatic carbocycles. The van der Waals surface area contributed by atoms with E-state index in [1.54, 1.807) is 42.5 Å². The van der Waals surface area contributed by atoms with Gasteiger partial charge in [-0.25, -0.2) is 8.42 Å². The highest BCUT2D eigenvalue weighted by Gasteiger charge is 2.26. The fraction of sp³-hybridized carbons (Fsp3) is 0.316. The van der Waals surface area contributed by atoms with Crippen molar-refractivity contribution in [3.05, 3.63) is 59.7 Å². The number of hydrogen-bond donors (Lipinski definition) is 1. The Kier molecular flexibility index (Phi) is 5.20. The predicted octanol–water partition coefficient (Wildman–Crippen LogP) is 3.42. The van der Waals surface area contributed by atoms with Gasteiger partial charge in [0.1, 0.15) is 0 Å². The van der Waals surface area contributed by atoms with Gasteiger partial charge in [-0.05, 0) is 49.6 Å². The van der Waals surface area contributed by atoms with Crippen LogP contribution in [0.15, 0.2) is 53.4 Å². The first kappa shape index (κ1) is 17.6. The zero-order chi connectivity index (χ0) is 17.9. The number of sulfonamides is 1. The third-order valence-corrected chi connectivity index (χ3v) is 6.34. The lowest BCUT2D eigenvalue weighted by molar-refractivity contribution is 0.102. The van der Waals surface area contributed by atoms with Crippen LogP contribution in [0.4, 0.5) is 5.69 Å². The second kappa shape index (κ2) is 7.37. The van der Waals surface area contributed by atoms with E-state index in [1.165, 1.54) is 4.31 Å². The summed E-state index contributed by atoms with van der Waals surface area (Å²) in [6.07, 6.45) is 2.85. The van der Waals surface area contributed by atoms with Crippen molar-refractivity contribution >= 4 is 21.6 Å². The SMILES string of the molecule is Cc1ccc(S(=O)(=O)N2CCCCC2)cc1NC(=O)c1ccccc1. The lowest BCUT2D eigenvalue weighted by atomic mass is 10.1. The highest BCUT2D eigenvalue weighted by molar-refractivity contribution is 7.89. The molecule has 6 heteroatoms. The normalized spacial score (nSPS) is 15.7. The summed E-state index contributed by atoms with van der Waals surface area (Å²) in [6, 6.07) is 13.8. The van der Waals surface area contributed by atoms with Crippen LogP contribution in [0.2, 0.25) is 0 Å². The van der Waals surface area contributed by atoms with Gasteiger partial charge in [0, 0.05) is 24.3 Å². The number of amides is 1. The summed E-state index contributed by atoms with van der Waals surface area (Å²) in [6.45, 7) is 2.96. The molecule has 132 valence electrons. The first-order chi connectivity index (χ1) is 12.0. The molecule has 0 saturated carbocycles. The maximum atomic E-state index is 12.8. The predicted molar refractivity (Wildman–Crippen MR) is 98.2 cm³/mol. The van der Waals surface area contributed by atoms with Crippen LogP contribution < -0.4 is 5.32 Å². The number of rotatable bonds is 4. The number of nitrogens with zero attached hydrogens (tertiary/aromatic N) is 1. The molecule has 2 aromatic rings. The molecule has 5 nitrogen and oxygen atoms in total. The molecule has 1 amide bonds. The number of nitrogens with one attached hydrogen (secondary N) is 1. The van der Waals surface area contributed by atoms with Gasteiger partial charge in [-0.15, -0.1) is 0 Å². The van der Waals surface area contributed by atoms with Gasteiger partial charge in [-0.2, -0.15) is 4.31 Å². The molecule has 3 rings (SSSR count). The lowest BCUT2D eigenvalue weighted by Crippen LogP contribution is -2.35. The third-order valence-electron chi connectivity index (χ3n) is 4.45. The van der Waals surface area contributed by atoms with E-state index in [0.29, 0.717) is 24.3 Å². The Bertz CT molecular complexity index is 857. The zero-order valence-corrected chi connectivity index (χ0v) is 15.1. The molecule has 0 spiro atoms. The van der Waals surface area contributed by atoms with E-state index in [-0.39, 0.29) is 10.8 Å². The van der Waals surface area contributed by atoms with Crippen LogP contribution in [0, 0.1) is 6.92 Å². The molecule has 0 aliphatic carbocycles. The summed E-state index contributed by atoms with van der Waals surface area (Å²) in [7, 11) is -3.52. The van der Waals surface area contributed by atoms with Crippen LogP contribution in [-0.2, 0) is 10.0 Å². The Morgan fingerprint density at radius 2 is 1.68 bits per heavy atom. The molecule has 25 heavy (non-hydrogen) atoms. The van der Waals surface area contributed by atoms with Crippen molar-refractivity contribution in [1.82, 2.24) is 4.31 Å². The molecule has 0 bridgehead atoms. The lowest BCUT2D eigenvalue weighted by Gasteiger charge is -2.26. The average Bonchev–Trinajstić information content (AvgIpc) is 2.64. The minimum absolute atomic E-state index is 0.225. The molecule has 1 aliphatic rings. The number of anilines is 1. The summed E-state index contributed by atoms with van der Waals surface area (Å²) < 4.78 is 27.2. The fourth-order valence-corrected chi connectivity index (χ4v) is 4.48. The van der Waals surface area contributed by atoms with Crippen LogP contribution in [-0.4, -0.2) is 31.7 Å². The van der Waals surface area contributed by atoms with Gasteiger partial charge in [0.2, 0.25) is 10.0 Å². The van der Waals surface area contributed by atoms with Crippen molar-refractivity contribution < 1.29 is 13.2 Å². The van der Waals surface area contributed by atoms with Crippen molar-refractivity contribution in [2.24, 2.45) is 0 Å². The largest absolute Gasteiger partial charge is 0.322 e. The number of carbonyl (C=O) groups is 1. The second-order valence-corrected chi connectivity index (χ2v) is 8.20. The Balaban J connectivity index is 1.86. The molecule has 1 heterocycles. The van der Waals surface area contributed by atoms with Gasteiger partial charge in [0.15, 0.2) is 0 Å². The van der Waals surface area contributed by atoms with Crippen LogP contribution in [0.5, 0.6) is 0 Å². The van der Waals surface area contributed by atoms with Gasteiger partial charge in [-0.1, -0.05) is 30.7 Å². The number of aryl methyl sites for hydroxylation is 1. The Morgan fingerprint density at radius 1 is 1.00 bits per heavy atom. The van der Waals surface area contributed by atoms with Crippen molar-refractivity contribution in [2.75, 3.05) is 18.4 Å². The quantitative estimate of drug-likeness (QED) is 0.911. The minimum atomic E-state index is -3.52. The molecule has 1 saturated heterocycles. The summed E-state index contributed by atoms with van der Waals surface area (Å²) in [5.41, 5.74) is 1.88. The van der Waals surface area contributed by atoms with E-state index in [0.717, 1.165) is 24.8 Å². The van der Waals surface area contributed by atoms with Gasteiger partial charge < -0.3 is 5.32 Å². The van der Waals surface area contributed by atoms with Crippen LogP contribution in [0.3, 0.4) is 0 Å². The molecular formula is C19H22N2O3S. The first-order valence-corrected chi connectivity index (χ1v) is 9.90. The summed E-state index contributed by atoms with van der Waals surface area (Å²) in [5, 5.41) is 2.82. The second-order valence-electron chi connectivity index (χ2n) is 6.26. The highest BCUT2D eigenvalue weighted by atomic mass is 32.2. The highest BCUT2D eigenvalue weighted by Crippen LogP contribution is 2.25. The van der Waals surface area contributed by atoms with E-state index < -0.39 is 10.0 Å². The molecule has 0 atom stereocenters. The Hall–Kier alpha value is -2.18. The first-order valence-electron chi connectivity index (χ1n) is 8.46. The maximum absolute atomic E-state index is 12.8. The maximum Gasteiger partial charge on any atom is 0.255 e. The number of carbonyl (C=O) groups excluding carboxylic acids is 1.